The minimum absolute atomic E-state index is 0.257. The van der Waals surface area contributed by atoms with Crippen molar-refractivity contribution in [3.63, 3.8) is 0 Å². The summed E-state index contributed by atoms with van der Waals surface area (Å²) in [5.41, 5.74) is 0. The first-order chi connectivity index (χ1) is 3.15. The van der Waals surface area contributed by atoms with E-state index in [9.17, 15) is 4.79 Å². The molecule has 1 saturated carbocycles. The molecule has 0 aromatic carbocycles. The van der Waals surface area contributed by atoms with E-state index in [0.29, 0.717) is 0 Å². The summed E-state index contributed by atoms with van der Waals surface area (Å²) in [4.78, 5) is 10.2. The highest BCUT2D eigenvalue weighted by Crippen LogP contribution is 2.46. The Morgan fingerprint density at radius 1 is 1.71 bits per heavy atom. The summed E-state index contributed by atoms with van der Waals surface area (Å²) < 4.78 is -0.311. The third-order valence-corrected chi connectivity index (χ3v) is 2.78. The van der Waals surface area contributed by atoms with Crippen molar-refractivity contribution in [3.05, 3.63) is 0 Å². The number of rotatable bonds is 1. The Morgan fingerprint density at radius 2 is 2.14 bits per heavy atom. The van der Waals surface area contributed by atoms with Crippen LogP contribution in [0.15, 0.2) is 0 Å². The molecule has 1 rings (SSSR count). The average molecular weight is 183 g/mol. The van der Waals surface area contributed by atoms with Gasteiger partial charge in [-0.25, -0.2) is 0 Å². The van der Waals surface area contributed by atoms with Gasteiger partial charge in [0, 0.05) is 0 Å². The highest BCUT2D eigenvalue weighted by atomic mass is 79.9. The van der Waals surface area contributed by atoms with E-state index in [-0.39, 0.29) is 9.57 Å². The predicted octanol–water partition coefficient (Wildman–Crippen LogP) is 1.68. The molecular formula is C4H4BrClO. The van der Waals surface area contributed by atoms with E-state index in [4.69, 9.17) is 11.6 Å². The first kappa shape index (κ1) is 5.57. The van der Waals surface area contributed by atoms with E-state index >= 15 is 0 Å². The van der Waals surface area contributed by atoms with Crippen LogP contribution in [0.1, 0.15) is 12.8 Å². The topological polar surface area (TPSA) is 17.1 Å². The van der Waals surface area contributed by atoms with Crippen molar-refractivity contribution < 1.29 is 4.79 Å². The molecule has 0 atom stereocenters. The molecule has 1 nitrogen and oxygen atoms in total. The molecule has 7 heavy (non-hydrogen) atoms. The third kappa shape index (κ3) is 0.970. The summed E-state index contributed by atoms with van der Waals surface area (Å²) in [7, 11) is 0. The SMILES string of the molecule is O=C(Cl)C1(Br)CC1. The molecule has 1 fully saturated rings. The quantitative estimate of drug-likeness (QED) is 0.446. The second-order valence-electron chi connectivity index (χ2n) is 1.74. The van der Waals surface area contributed by atoms with Gasteiger partial charge in [-0.15, -0.1) is 0 Å². The fourth-order valence-electron chi connectivity index (χ4n) is 0.306. The Bertz CT molecular complexity index is 108. The zero-order valence-electron chi connectivity index (χ0n) is 3.58. The zero-order valence-corrected chi connectivity index (χ0v) is 5.92. The van der Waals surface area contributed by atoms with E-state index < -0.39 is 0 Å². The molecule has 0 amide bonds. The van der Waals surface area contributed by atoms with Crippen molar-refractivity contribution >= 4 is 32.8 Å². The lowest BCUT2D eigenvalue weighted by atomic mass is 10.5. The van der Waals surface area contributed by atoms with Crippen LogP contribution in [-0.2, 0) is 4.79 Å². The number of carbonyl (C=O) groups is 1. The molecule has 3 heteroatoms. The van der Waals surface area contributed by atoms with Crippen molar-refractivity contribution in [2.75, 3.05) is 0 Å². The fourth-order valence-corrected chi connectivity index (χ4v) is 0.694. The highest BCUT2D eigenvalue weighted by molar-refractivity contribution is 9.10. The van der Waals surface area contributed by atoms with Gasteiger partial charge in [0.15, 0.2) is 0 Å². The van der Waals surface area contributed by atoms with Crippen LogP contribution in [-0.4, -0.2) is 9.57 Å². The molecule has 0 bridgehead atoms. The van der Waals surface area contributed by atoms with Gasteiger partial charge >= 0.3 is 0 Å². The van der Waals surface area contributed by atoms with Gasteiger partial charge < -0.3 is 0 Å². The van der Waals surface area contributed by atoms with Crippen molar-refractivity contribution in [1.82, 2.24) is 0 Å². The molecule has 0 heterocycles. The summed E-state index contributed by atoms with van der Waals surface area (Å²) in [6.45, 7) is 0. The second-order valence-corrected chi connectivity index (χ2v) is 3.60. The van der Waals surface area contributed by atoms with Gasteiger partial charge in [-0.3, -0.25) is 4.79 Å². The van der Waals surface area contributed by atoms with Crippen molar-refractivity contribution in [3.8, 4) is 0 Å². The number of hydrogen-bond acceptors (Lipinski definition) is 1. The summed E-state index contributed by atoms with van der Waals surface area (Å²) in [6.07, 6.45) is 1.80. The Hall–Kier alpha value is 0.440. The number of alkyl halides is 1. The van der Waals surface area contributed by atoms with Gasteiger partial charge in [0.2, 0.25) is 5.24 Å². The number of carbonyl (C=O) groups excluding carboxylic acids is 1. The maximum absolute atomic E-state index is 10.2. The summed E-state index contributed by atoms with van der Waals surface area (Å²) >= 11 is 8.30. The predicted molar refractivity (Wildman–Crippen MR) is 31.8 cm³/mol. The van der Waals surface area contributed by atoms with E-state index in [1.54, 1.807) is 0 Å². The summed E-state index contributed by atoms with van der Waals surface area (Å²) in [5, 5.41) is -0.257. The minimum Gasteiger partial charge on any atom is -0.280 e. The van der Waals surface area contributed by atoms with Crippen LogP contribution < -0.4 is 0 Å². The zero-order chi connectivity index (χ0) is 5.49. The van der Waals surface area contributed by atoms with Crippen LogP contribution in [0.4, 0.5) is 0 Å². The van der Waals surface area contributed by atoms with Crippen LogP contribution in [0.25, 0.3) is 0 Å². The Morgan fingerprint density at radius 3 is 2.14 bits per heavy atom. The van der Waals surface area contributed by atoms with Crippen LogP contribution in [0.3, 0.4) is 0 Å². The molecule has 0 radical (unpaired) electrons. The van der Waals surface area contributed by atoms with Gasteiger partial charge in [-0.2, -0.15) is 0 Å². The third-order valence-electron chi connectivity index (χ3n) is 1.04. The maximum atomic E-state index is 10.2. The minimum atomic E-state index is -0.311. The van der Waals surface area contributed by atoms with E-state index in [2.05, 4.69) is 15.9 Å². The lowest BCUT2D eigenvalue weighted by Gasteiger charge is -1.91. The molecular weight excluding hydrogens is 179 g/mol. The Kier molecular flexibility index (Phi) is 1.16. The normalized spacial score (nSPS) is 24.3. The van der Waals surface area contributed by atoms with Gasteiger partial charge in [-0.05, 0) is 24.4 Å². The Labute approximate surface area is 55.2 Å². The lowest BCUT2D eigenvalue weighted by molar-refractivity contribution is -0.111. The first-order valence-corrected chi connectivity index (χ1v) is 3.21. The molecule has 0 aliphatic heterocycles. The van der Waals surface area contributed by atoms with Crippen LogP contribution in [0, 0.1) is 0 Å². The van der Waals surface area contributed by atoms with Gasteiger partial charge in [0.05, 0.1) is 4.32 Å². The van der Waals surface area contributed by atoms with Crippen molar-refractivity contribution in [2.24, 2.45) is 0 Å². The summed E-state index contributed by atoms with van der Waals surface area (Å²) in [6, 6.07) is 0. The molecule has 1 aliphatic carbocycles. The van der Waals surface area contributed by atoms with E-state index in [1.165, 1.54) is 0 Å². The number of hydrogen-bond donors (Lipinski definition) is 0. The largest absolute Gasteiger partial charge is 0.280 e. The highest BCUT2D eigenvalue weighted by Gasteiger charge is 2.46. The molecule has 0 aromatic heterocycles. The second kappa shape index (κ2) is 1.46. The standard InChI is InChI=1S/C4H4BrClO/c5-4(1-2-4)3(6)7/h1-2H2. The average Bonchev–Trinajstić information content (AvgIpc) is 2.21. The van der Waals surface area contributed by atoms with Crippen molar-refractivity contribution in [2.45, 2.75) is 17.2 Å². The molecule has 0 unspecified atom stereocenters. The van der Waals surface area contributed by atoms with Crippen LogP contribution in [0.2, 0.25) is 0 Å². The molecule has 0 spiro atoms. The lowest BCUT2D eigenvalue weighted by Crippen LogP contribution is -2.05. The molecule has 0 N–H and O–H groups in total. The maximum Gasteiger partial charge on any atom is 0.238 e. The summed E-state index contributed by atoms with van der Waals surface area (Å²) in [5.74, 6) is 0. The van der Waals surface area contributed by atoms with E-state index in [0.717, 1.165) is 12.8 Å². The molecule has 0 saturated heterocycles. The van der Waals surface area contributed by atoms with Gasteiger partial charge in [-0.1, -0.05) is 15.9 Å². The molecule has 1 aliphatic rings. The van der Waals surface area contributed by atoms with Crippen LogP contribution >= 0.6 is 27.5 Å². The van der Waals surface area contributed by atoms with Crippen molar-refractivity contribution in [1.29, 1.82) is 0 Å². The van der Waals surface area contributed by atoms with Gasteiger partial charge in [0.25, 0.3) is 0 Å². The monoisotopic (exact) mass is 182 g/mol. The smallest absolute Gasteiger partial charge is 0.238 e. The molecule has 40 valence electrons. The van der Waals surface area contributed by atoms with Crippen LogP contribution in [0.5, 0.6) is 0 Å². The van der Waals surface area contributed by atoms with Gasteiger partial charge in [0.1, 0.15) is 0 Å². The fraction of sp³-hybridized carbons (Fsp3) is 0.750. The number of halogens is 2. The van der Waals surface area contributed by atoms with E-state index in [1.807, 2.05) is 0 Å². The molecule has 0 aromatic rings. The Balaban J connectivity index is 2.55. The first-order valence-electron chi connectivity index (χ1n) is 2.04.